The van der Waals surface area contributed by atoms with Crippen molar-refractivity contribution in [2.45, 2.75) is 35.8 Å². The van der Waals surface area contributed by atoms with Gasteiger partial charge >= 0.3 is 0 Å². The van der Waals surface area contributed by atoms with E-state index in [1.165, 1.54) is 0 Å². The Morgan fingerprint density at radius 1 is 0.889 bits per heavy atom. The Bertz CT molecular complexity index is 122. The second-order valence-electron chi connectivity index (χ2n) is 2.87. The van der Waals surface area contributed by atoms with E-state index in [9.17, 15) is 0 Å². The van der Waals surface area contributed by atoms with Gasteiger partial charge in [0, 0.05) is 0 Å². The molecule has 0 atom stereocenters. The molecule has 0 aromatic rings. The maximum Gasteiger partial charge on any atom is 0.144 e. The third kappa shape index (κ3) is 1.34. The van der Waals surface area contributed by atoms with Crippen LogP contribution in [0.3, 0.4) is 0 Å². The lowest BCUT2D eigenvalue weighted by Gasteiger charge is -2.11. The highest BCUT2D eigenvalue weighted by Gasteiger charge is 2.53. The van der Waals surface area contributed by atoms with Crippen LogP contribution in [-0.4, -0.2) is 10.1 Å². The summed E-state index contributed by atoms with van der Waals surface area (Å²) >= 11 is 11.7. The Labute approximate surface area is 64.3 Å². The highest BCUT2D eigenvalue weighted by molar-refractivity contribution is 6.27. The molecule has 0 saturated heterocycles. The van der Waals surface area contributed by atoms with Crippen LogP contribution < -0.4 is 0 Å². The Kier molecular flexibility index (Phi) is 1.10. The van der Waals surface area contributed by atoms with Gasteiger partial charge in [-0.15, -0.1) is 0 Å². The molecule has 0 radical (unpaired) electrons. The predicted molar refractivity (Wildman–Crippen MR) is 36.7 cm³/mol. The van der Waals surface area contributed by atoms with Crippen LogP contribution >= 0.6 is 23.2 Å². The van der Waals surface area contributed by atoms with Crippen LogP contribution in [0.4, 0.5) is 0 Å². The van der Waals surface area contributed by atoms with Gasteiger partial charge in [-0.1, -0.05) is 23.2 Å². The lowest BCUT2D eigenvalue weighted by atomic mass is 10.7. The highest BCUT2D eigenvalue weighted by atomic mass is 35.5. The Morgan fingerprint density at radius 3 is 1.44 bits per heavy atom. The lowest BCUT2D eigenvalue weighted by molar-refractivity contribution is 0.0501. The third-order valence-electron chi connectivity index (χ3n) is 1.65. The van der Waals surface area contributed by atoms with Crippen molar-refractivity contribution in [1.29, 1.82) is 0 Å². The summed E-state index contributed by atoms with van der Waals surface area (Å²) in [5.74, 6) is 0. The standard InChI is InChI=1S/C6H8Cl2O/c7-5(1-2-5)9-6(8)3-4-6/h1-4H2. The predicted octanol–water partition coefficient (Wildman–Crippen LogP) is 2.46. The molecule has 0 bridgehead atoms. The van der Waals surface area contributed by atoms with E-state index in [1.54, 1.807) is 0 Å². The summed E-state index contributed by atoms with van der Waals surface area (Å²) in [5.41, 5.74) is 0. The van der Waals surface area contributed by atoms with Crippen molar-refractivity contribution in [3.8, 4) is 0 Å². The fourth-order valence-electron chi connectivity index (χ4n) is 0.728. The fraction of sp³-hybridized carbons (Fsp3) is 1.00. The van der Waals surface area contributed by atoms with Crippen LogP contribution in [0.1, 0.15) is 25.7 Å². The van der Waals surface area contributed by atoms with Gasteiger partial charge in [0.15, 0.2) is 0 Å². The summed E-state index contributed by atoms with van der Waals surface area (Å²) in [5, 5.41) is -0.726. The van der Waals surface area contributed by atoms with Gasteiger partial charge < -0.3 is 4.74 Å². The molecule has 2 aliphatic carbocycles. The summed E-state index contributed by atoms with van der Waals surface area (Å²) in [6.07, 6.45) is 3.85. The molecule has 0 N–H and O–H groups in total. The first-order valence-corrected chi connectivity index (χ1v) is 3.96. The molecule has 2 rings (SSSR count). The molecule has 9 heavy (non-hydrogen) atoms. The second kappa shape index (κ2) is 1.58. The fourth-order valence-corrected chi connectivity index (χ4v) is 1.25. The zero-order valence-corrected chi connectivity index (χ0v) is 6.50. The quantitative estimate of drug-likeness (QED) is 0.574. The molecule has 0 heterocycles. The van der Waals surface area contributed by atoms with Crippen molar-refractivity contribution in [3.63, 3.8) is 0 Å². The van der Waals surface area contributed by atoms with E-state index < -0.39 is 0 Å². The number of halogens is 2. The van der Waals surface area contributed by atoms with Gasteiger partial charge in [-0.3, -0.25) is 0 Å². The molecule has 52 valence electrons. The van der Waals surface area contributed by atoms with Crippen LogP contribution in [0, 0.1) is 0 Å². The molecular formula is C6H8Cl2O. The Morgan fingerprint density at radius 2 is 1.22 bits per heavy atom. The first-order valence-electron chi connectivity index (χ1n) is 3.20. The molecule has 0 amide bonds. The first kappa shape index (κ1) is 6.26. The van der Waals surface area contributed by atoms with Crippen LogP contribution in [-0.2, 0) is 4.74 Å². The van der Waals surface area contributed by atoms with E-state index >= 15 is 0 Å². The van der Waals surface area contributed by atoms with Crippen molar-refractivity contribution in [2.75, 3.05) is 0 Å². The monoisotopic (exact) mass is 166 g/mol. The van der Waals surface area contributed by atoms with Crippen LogP contribution in [0.25, 0.3) is 0 Å². The van der Waals surface area contributed by atoms with E-state index in [2.05, 4.69) is 0 Å². The molecule has 0 aliphatic heterocycles. The van der Waals surface area contributed by atoms with Gasteiger partial charge in [0.1, 0.15) is 10.1 Å². The van der Waals surface area contributed by atoms with Crippen molar-refractivity contribution in [2.24, 2.45) is 0 Å². The SMILES string of the molecule is ClC1(OC2(Cl)CC2)CC1. The van der Waals surface area contributed by atoms with Gasteiger partial charge in [0.2, 0.25) is 0 Å². The minimum absolute atomic E-state index is 0.363. The maximum atomic E-state index is 5.86. The number of alkyl halides is 2. The minimum Gasteiger partial charge on any atom is -0.338 e. The van der Waals surface area contributed by atoms with E-state index in [4.69, 9.17) is 27.9 Å². The van der Waals surface area contributed by atoms with Crippen molar-refractivity contribution in [1.82, 2.24) is 0 Å². The zero-order chi connectivity index (χ0) is 6.54. The third-order valence-corrected chi connectivity index (χ3v) is 2.56. The average Bonchev–Trinajstić information content (AvgIpc) is 2.55. The zero-order valence-electron chi connectivity index (χ0n) is 4.99. The molecule has 2 fully saturated rings. The van der Waals surface area contributed by atoms with E-state index in [0.717, 1.165) is 25.7 Å². The minimum atomic E-state index is -0.363. The van der Waals surface area contributed by atoms with Gasteiger partial charge in [0.25, 0.3) is 0 Å². The summed E-state index contributed by atoms with van der Waals surface area (Å²) < 4.78 is 5.38. The van der Waals surface area contributed by atoms with Crippen molar-refractivity contribution in [3.05, 3.63) is 0 Å². The molecule has 0 aromatic heterocycles. The van der Waals surface area contributed by atoms with Crippen LogP contribution in [0.15, 0.2) is 0 Å². The number of rotatable bonds is 2. The summed E-state index contributed by atoms with van der Waals surface area (Å²) in [4.78, 5) is 0. The number of hydrogen-bond donors (Lipinski definition) is 0. The van der Waals surface area contributed by atoms with Crippen LogP contribution in [0.2, 0.25) is 0 Å². The largest absolute Gasteiger partial charge is 0.338 e. The van der Waals surface area contributed by atoms with Gasteiger partial charge in [-0.2, -0.15) is 0 Å². The molecular weight excluding hydrogens is 159 g/mol. The molecule has 1 nitrogen and oxygen atoms in total. The normalized spacial score (nSPS) is 34.0. The molecule has 2 aliphatic rings. The Hall–Kier alpha value is 0.540. The van der Waals surface area contributed by atoms with Crippen LogP contribution in [0.5, 0.6) is 0 Å². The number of hydrogen-bond acceptors (Lipinski definition) is 1. The van der Waals surface area contributed by atoms with E-state index in [-0.39, 0.29) is 10.1 Å². The smallest absolute Gasteiger partial charge is 0.144 e. The summed E-state index contributed by atoms with van der Waals surface area (Å²) in [6, 6.07) is 0. The van der Waals surface area contributed by atoms with E-state index in [0.29, 0.717) is 0 Å². The molecule has 2 saturated carbocycles. The topological polar surface area (TPSA) is 9.23 Å². The van der Waals surface area contributed by atoms with E-state index in [1.807, 2.05) is 0 Å². The average molecular weight is 167 g/mol. The summed E-state index contributed by atoms with van der Waals surface area (Å²) in [6.45, 7) is 0. The van der Waals surface area contributed by atoms with Gasteiger partial charge in [-0.25, -0.2) is 0 Å². The summed E-state index contributed by atoms with van der Waals surface area (Å²) in [7, 11) is 0. The van der Waals surface area contributed by atoms with Gasteiger partial charge in [0.05, 0.1) is 0 Å². The molecule has 3 heteroatoms. The molecule has 0 spiro atoms. The Balaban J connectivity index is 1.90. The second-order valence-corrected chi connectivity index (χ2v) is 4.25. The molecule has 0 aromatic carbocycles. The number of ether oxygens (including phenoxy) is 1. The maximum absolute atomic E-state index is 5.86. The van der Waals surface area contributed by atoms with Gasteiger partial charge in [-0.05, 0) is 25.7 Å². The van der Waals surface area contributed by atoms with Crippen molar-refractivity contribution >= 4 is 23.2 Å². The molecule has 0 unspecified atom stereocenters. The van der Waals surface area contributed by atoms with Crippen molar-refractivity contribution < 1.29 is 4.74 Å². The first-order chi connectivity index (χ1) is 4.12. The highest BCUT2D eigenvalue weighted by Crippen LogP contribution is 2.54. The lowest BCUT2D eigenvalue weighted by Crippen LogP contribution is -2.13.